The van der Waals surface area contributed by atoms with Gasteiger partial charge in [0.05, 0.1) is 0 Å². The molecule has 0 aliphatic carbocycles. The molecule has 0 bridgehead atoms. The molecule has 2 aromatic carbocycles. The zero-order valence-corrected chi connectivity index (χ0v) is 13.5. The lowest BCUT2D eigenvalue weighted by molar-refractivity contribution is 0.879. The van der Waals surface area contributed by atoms with Crippen LogP contribution in [0.1, 0.15) is 5.56 Å². The van der Waals surface area contributed by atoms with E-state index in [-0.39, 0.29) is 5.95 Å². The molecule has 25 heavy (non-hydrogen) atoms. The fourth-order valence-corrected chi connectivity index (χ4v) is 2.59. The summed E-state index contributed by atoms with van der Waals surface area (Å²) in [7, 11) is 0. The van der Waals surface area contributed by atoms with Crippen LogP contribution in [-0.4, -0.2) is 31.1 Å². The molecular weight excluding hydrogens is 314 g/mol. The minimum Gasteiger partial charge on any atom is -0.368 e. The van der Waals surface area contributed by atoms with Crippen molar-refractivity contribution < 1.29 is 0 Å². The molecule has 0 radical (unpaired) electrons. The van der Waals surface area contributed by atoms with E-state index in [4.69, 9.17) is 5.73 Å². The van der Waals surface area contributed by atoms with Crippen LogP contribution in [0.5, 0.6) is 0 Å². The largest absolute Gasteiger partial charge is 0.368 e. The fraction of sp³-hybridized carbons (Fsp3) is 0.111. The van der Waals surface area contributed by atoms with Crippen LogP contribution in [0.2, 0.25) is 0 Å². The van der Waals surface area contributed by atoms with Crippen LogP contribution in [0.15, 0.2) is 60.7 Å². The first kappa shape index (κ1) is 15.1. The molecule has 0 saturated heterocycles. The Morgan fingerprint density at radius 2 is 1.60 bits per heavy atom. The highest BCUT2D eigenvalue weighted by molar-refractivity contribution is 5.58. The Morgan fingerprint density at radius 1 is 0.880 bits per heavy atom. The summed E-state index contributed by atoms with van der Waals surface area (Å²) in [5.41, 5.74) is 7.98. The van der Waals surface area contributed by atoms with E-state index >= 15 is 0 Å². The molecular formula is C18H17N7. The first-order valence-electron chi connectivity index (χ1n) is 8.03. The molecule has 0 atom stereocenters. The Kier molecular flexibility index (Phi) is 3.96. The molecule has 0 amide bonds. The van der Waals surface area contributed by atoms with Gasteiger partial charge in [-0.2, -0.15) is 19.5 Å². The highest BCUT2D eigenvalue weighted by Gasteiger charge is 2.12. The molecule has 4 aromatic rings. The number of nitrogen functional groups attached to an aromatic ring is 1. The van der Waals surface area contributed by atoms with Gasteiger partial charge in [0.15, 0.2) is 5.82 Å². The standard InChI is InChI=1S/C18H17N7/c19-16-22-17(20-12-11-13-7-3-1-4-8-13)25-18(23-16)21-15(24-25)14-9-5-2-6-10-14/h1-10H,11-12H2,(H3,19,20,21,22,23,24). The van der Waals surface area contributed by atoms with Crippen LogP contribution in [0.25, 0.3) is 17.2 Å². The van der Waals surface area contributed by atoms with Gasteiger partial charge in [0.1, 0.15) is 0 Å². The van der Waals surface area contributed by atoms with Crippen molar-refractivity contribution in [3.63, 3.8) is 0 Å². The number of hydrogen-bond donors (Lipinski definition) is 2. The van der Waals surface area contributed by atoms with E-state index in [1.54, 1.807) is 4.52 Å². The minimum atomic E-state index is 0.168. The van der Waals surface area contributed by atoms with E-state index in [2.05, 4.69) is 37.5 Å². The summed E-state index contributed by atoms with van der Waals surface area (Å²) in [5, 5.41) is 7.78. The van der Waals surface area contributed by atoms with Gasteiger partial charge in [0.2, 0.25) is 11.9 Å². The zero-order valence-electron chi connectivity index (χ0n) is 13.5. The maximum Gasteiger partial charge on any atom is 0.259 e. The predicted octanol–water partition coefficient (Wildman–Crippen LogP) is 2.42. The van der Waals surface area contributed by atoms with Crippen molar-refractivity contribution in [3.05, 3.63) is 66.2 Å². The molecule has 7 heteroatoms. The van der Waals surface area contributed by atoms with Crippen LogP contribution in [0.3, 0.4) is 0 Å². The molecule has 3 N–H and O–H groups in total. The molecule has 2 aromatic heterocycles. The number of nitrogens with two attached hydrogens (primary N) is 1. The first-order valence-corrected chi connectivity index (χ1v) is 8.03. The molecule has 0 fully saturated rings. The third-order valence-corrected chi connectivity index (χ3v) is 3.80. The van der Waals surface area contributed by atoms with Crippen molar-refractivity contribution in [1.82, 2.24) is 24.6 Å². The molecule has 0 unspecified atom stereocenters. The molecule has 7 nitrogen and oxygen atoms in total. The minimum absolute atomic E-state index is 0.168. The van der Waals surface area contributed by atoms with Crippen molar-refractivity contribution in [3.8, 4) is 11.4 Å². The van der Waals surface area contributed by atoms with Crippen molar-refractivity contribution in [2.75, 3.05) is 17.6 Å². The van der Waals surface area contributed by atoms with E-state index < -0.39 is 0 Å². The Hall–Kier alpha value is -3.48. The number of aromatic nitrogens is 5. The Balaban J connectivity index is 1.61. The number of nitrogens with one attached hydrogen (secondary N) is 1. The van der Waals surface area contributed by atoms with Crippen molar-refractivity contribution >= 4 is 17.7 Å². The number of rotatable bonds is 5. The Labute approximate surface area is 144 Å². The number of nitrogens with zero attached hydrogens (tertiary/aromatic N) is 5. The molecule has 2 heterocycles. The monoisotopic (exact) mass is 331 g/mol. The number of hydrogen-bond acceptors (Lipinski definition) is 6. The lowest BCUT2D eigenvalue weighted by Crippen LogP contribution is -2.13. The van der Waals surface area contributed by atoms with E-state index in [1.807, 2.05) is 48.5 Å². The third-order valence-electron chi connectivity index (χ3n) is 3.80. The van der Waals surface area contributed by atoms with Gasteiger partial charge < -0.3 is 11.1 Å². The van der Waals surface area contributed by atoms with Gasteiger partial charge in [-0.15, -0.1) is 5.10 Å². The normalized spacial score (nSPS) is 10.9. The molecule has 124 valence electrons. The van der Waals surface area contributed by atoms with Crippen LogP contribution < -0.4 is 11.1 Å². The Morgan fingerprint density at radius 3 is 2.36 bits per heavy atom. The van der Waals surface area contributed by atoms with Crippen molar-refractivity contribution in [2.45, 2.75) is 6.42 Å². The average Bonchev–Trinajstić information content (AvgIpc) is 3.07. The van der Waals surface area contributed by atoms with Gasteiger partial charge >= 0.3 is 0 Å². The van der Waals surface area contributed by atoms with Gasteiger partial charge in [-0.3, -0.25) is 0 Å². The first-order chi connectivity index (χ1) is 12.3. The highest BCUT2D eigenvalue weighted by Crippen LogP contribution is 2.17. The predicted molar refractivity (Wildman–Crippen MR) is 97.1 cm³/mol. The van der Waals surface area contributed by atoms with Gasteiger partial charge in [0, 0.05) is 12.1 Å². The summed E-state index contributed by atoms with van der Waals surface area (Å²) in [6.07, 6.45) is 0.868. The van der Waals surface area contributed by atoms with Crippen molar-refractivity contribution in [2.24, 2.45) is 0 Å². The quantitative estimate of drug-likeness (QED) is 0.583. The molecule has 0 saturated carbocycles. The third kappa shape index (κ3) is 3.25. The summed E-state index contributed by atoms with van der Waals surface area (Å²) in [6, 6.07) is 20.0. The van der Waals surface area contributed by atoms with Crippen LogP contribution >= 0.6 is 0 Å². The van der Waals surface area contributed by atoms with Crippen LogP contribution in [0.4, 0.5) is 11.9 Å². The maximum absolute atomic E-state index is 5.81. The summed E-state index contributed by atoms with van der Waals surface area (Å²) in [5.74, 6) is 1.72. The van der Waals surface area contributed by atoms with Gasteiger partial charge in [-0.1, -0.05) is 60.7 Å². The number of benzene rings is 2. The Bertz CT molecular complexity index is 980. The van der Waals surface area contributed by atoms with E-state index in [0.717, 1.165) is 12.0 Å². The summed E-state index contributed by atoms with van der Waals surface area (Å²) < 4.78 is 1.59. The maximum atomic E-state index is 5.81. The highest BCUT2D eigenvalue weighted by atomic mass is 15.4. The molecule has 0 aliphatic heterocycles. The second-order valence-corrected chi connectivity index (χ2v) is 5.58. The fourth-order valence-electron chi connectivity index (χ4n) is 2.59. The summed E-state index contributed by atoms with van der Waals surface area (Å²) in [6.45, 7) is 0.704. The summed E-state index contributed by atoms with van der Waals surface area (Å²) >= 11 is 0. The molecule has 0 aliphatic rings. The van der Waals surface area contributed by atoms with Crippen LogP contribution in [0, 0.1) is 0 Å². The number of fused-ring (bicyclic) bond motifs is 1. The van der Waals surface area contributed by atoms with Gasteiger partial charge in [-0.25, -0.2) is 0 Å². The molecule has 0 spiro atoms. The smallest absolute Gasteiger partial charge is 0.259 e. The van der Waals surface area contributed by atoms with Crippen molar-refractivity contribution in [1.29, 1.82) is 0 Å². The second kappa shape index (κ2) is 6.56. The lowest BCUT2D eigenvalue weighted by Gasteiger charge is -2.07. The average molecular weight is 331 g/mol. The van der Waals surface area contributed by atoms with Gasteiger partial charge in [-0.05, 0) is 12.0 Å². The summed E-state index contributed by atoms with van der Waals surface area (Å²) in [4.78, 5) is 12.9. The van der Waals surface area contributed by atoms with E-state index in [9.17, 15) is 0 Å². The second-order valence-electron chi connectivity index (χ2n) is 5.58. The topological polar surface area (TPSA) is 94.0 Å². The van der Waals surface area contributed by atoms with Crippen LogP contribution in [-0.2, 0) is 6.42 Å². The van der Waals surface area contributed by atoms with Gasteiger partial charge in [0.25, 0.3) is 5.78 Å². The van der Waals surface area contributed by atoms with E-state index in [0.29, 0.717) is 24.1 Å². The number of anilines is 2. The SMILES string of the molecule is Nc1nc(NCCc2ccccc2)n2nc(-c3ccccc3)nc2n1. The van der Waals surface area contributed by atoms with E-state index in [1.165, 1.54) is 5.56 Å². The zero-order chi connectivity index (χ0) is 17.1. The lowest BCUT2D eigenvalue weighted by atomic mass is 10.1. The molecule has 4 rings (SSSR count).